The van der Waals surface area contributed by atoms with Crippen molar-refractivity contribution < 1.29 is 0 Å². The van der Waals surface area contributed by atoms with Gasteiger partial charge >= 0.3 is 0 Å². The molecule has 2 aliphatic heterocycles. The van der Waals surface area contributed by atoms with Gasteiger partial charge in [-0.25, -0.2) is 4.98 Å². The van der Waals surface area contributed by atoms with Gasteiger partial charge in [-0.05, 0) is 25.8 Å². The van der Waals surface area contributed by atoms with Crippen LogP contribution in [-0.4, -0.2) is 39.4 Å². The van der Waals surface area contributed by atoms with Crippen molar-refractivity contribution in [2.45, 2.75) is 64.0 Å². The highest BCUT2D eigenvalue weighted by Gasteiger charge is 2.36. The van der Waals surface area contributed by atoms with E-state index >= 15 is 0 Å². The average molecular weight is 280 g/mol. The molecule has 2 fully saturated rings. The second-order valence-electron chi connectivity index (χ2n) is 6.81. The maximum Gasteiger partial charge on any atom is 0.202 e. The van der Waals surface area contributed by atoms with Crippen LogP contribution in [0.2, 0.25) is 0 Å². The lowest BCUT2D eigenvalue weighted by Gasteiger charge is -2.32. The second kappa shape index (κ2) is 5.02. The van der Waals surface area contributed by atoms with Crippen LogP contribution in [0.4, 0.5) is 5.13 Å². The van der Waals surface area contributed by atoms with Gasteiger partial charge in [0, 0.05) is 35.6 Å². The summed E-state index contributed by atoms with van der Waals surface area (Å²) in [6, 6.07) is 1.29. The van der Waals surface area contributed by atoms with Crippen molar-refractivity contribution in [2.75, 3.05) is 18.4 Å². The normalized spacial score (nSPS) is 28.4. The summed E-state index contributed by atoms with van der Waals surface area (Å²) in [7, 11) is 0. The molecule has 5 heteroatoms. The molecule has 0 saturated carbocycles. The molecule has 0 bridgehead atoms. The Balaban J connectivity index is 1.67. The minimum Gasteiger partial charge on any atom is -0.356 e. The summed E-state index contributed by atoms with van der Waals surface area (Å²) in [5.41, 5.74) is 0.0446. The molecule has 0 spiro atoms. The molecule has 2 atom stereocenters. The van der Waals surface area contributed by atoms with E-state index in [1.165, 1.54) is 50.3 Å². The van der Waals surface area contributed by atoms with E-state index in [9.17, 15) is 0 Å². The highest BCUT2D eigenvalue weighted by molar-refractivity contribution is 7.09. The van der Waals surface area contributed by atoms with Crippen molar-refractivity contribution in [3.8, 4) is 0 Å². The third-order valence-electron chi connectivity index (χ3n) is 4.26. The highest BCUT2D eigenvalue weighted by Crippen LogP contribution is 2.30. The maximum atomic E-state index is 4.66. The van der Waals surface area contributed by atoms with E-state index < -0.39 is 0 Å². The summed E-state index contributed by atoms with van der Waals surface area (Å²) >= 11 is 1.51. The molecule has 2 unspecified atom stereocenters. The third-order valence-corrected chi connectivity index (χ3v) is 4.91. The molecular weight excluding hydrogens is 256 g/mol. The average Bonchev–Trinajstić information content (AvgIpc) is 2.97. The Morgan fingerprint density at radius 3 is 2.79 bits per heavy atom. The topological polar surface area (TPSA) is 41.1 Å². The van der Waals surface area contributed by atoms with Gasteiger partial charge in [0.25, 0.3) is 0 Å². The summed E-state index contributed by atoms with van der Waals surface area (Å²) in [5.74, 6) is 0.957. The van der Waals surface area contributed by atoms with Crippen molar-refractivity contribution in [2.24, 2.45) is 0 Å². The van der Waals surface area contributed by atoms with Crippen LogP contribution < -0.4 is 5.32 Å². The molecule has 1 aromatic heterocycles. The molecule has 0 aromatic carbocycles. The molecule has 3 heterocycles. The van der Waals surface area contributed by atoms with Gasteiger partial charge in [0.15, 0.2) is 0 Å². The van der Waals surface area contributed by atoms with Crippen LogP contribution >= 0.6 is 11.5 Å². The number of fused-ring (bicyclic) bond motifs is 1. The van der Waals surface area contributed by atoms with Gasteiger partial charge in [0.05, 0.1) is 0 Å². The lowest BCUT2D eigenvalue weighted by molar-refractivity contribution is 0.193. The van der Waals surface area contributed by atoms with E-state index in [0.717, 1.165) is 17.0 Å². The molecule has 4 nitrogen and oxygen atoms in total. The van der Waals surface area contributed by atoms with E-state index in [1.54, 1.807) is 0 Å². The predicted octanol–water partition coefficient (Wildman–Crippen LogP) is 2.87. The van der Waals surface area contributed by atoms with E-state index in [2.05, 4.69) is 40.3 Å². The predicted molar refractivity (Wildman–Crippen MR) is 79.8 cm³/mol. The van der Waals surface area contributed by atoms with Crippen LogP contribution in [0.1, 0.15) is 52.3 Å². The van der Waals surface area contributed by atoms with Crippen molar-refractivity contribution in [3.63, 3.8) is 0 Å². The highest BCUT2D eigenvalue weighted by atomic mass is 32.1. The van der Waals surface area contributed by atoms with Gasteiger partial charge in [0.1, 0.15) is 5.82 Å². The van der Waals surface area contributed by atoms with Gasteiger partial charge in [-0.15, -0.1) is 0 Å². The summed E-state index contributed by atoms with van der Waals surface area (Å²) < 4.78 is 4.49. The van der Waals surface area contributed by atoms with Crippen molar-refractivity contribution in [1.82, 2.24) is 14.3 Å². The molecule has 0 aliphatic carbocycles. The Labute approximate surface area is 119 Å². The van der Waals surface area contributed by atoms with Gasteiger partial charge in [0.2, 0.25) is 5.13 Å². The summed E-state index contributed by atoms with van der Waals surface area (Å²) in [4.78, 5) is 7.31. The fourth-order valence-electron chi connectivity index (χ4n) is 3.16. The van der Waals surface area contributed by atoms with Gasteiger partial charge in [-0.2, -0.15) is 4.37 Å². The zero-order valence-electron chi connectivity index (χ0n) is 12.1. The zero-order valence-corrected chi connectivity index (χ0v) is 13.0. The quantitative estimate of drug-likeness (QED) is 0.904. The van der Waals surface area contributed by atoms with Crippen LogP contribution in [0.15, 0.2) is 0 Å². The summed E-state index contributed by atoms with van der Waals surface area (Å²) in [5, 5.41) is 4.64. The maximum absolute atomic E-state index is 4.66. The van der Waals surface area contributed by atoms with Crippen LogP contribution in [0.3, 0.4) is 0 Å². The first-order chi connectivity index (χ1) is 9.04. The fourth-order valence-corrected chi connectivity index (χ4v) is 3.98. The van der Waals surface area contributed by atoms with E-state index in [0.29, 0.717) is 6.04 Å². The van der Waals surface area contributed by atoms with Crippen molar-refractivity contribution in [3.05, 3.63) is 5.82 Å². The van der Waals surface area contributed by atoms with E-state index in [4.69, 9.17) is 0 Å². The SMILES string of the molecule is CC(C)(C)c1nsc(NC2CCN3CCCCC23)n1. The number of aromatic nitrogens is 2. The van der Waals surface area contributed by atoms with E-state index in [-0.39, 0.29) is 5.41 Å². The number of piperidine rings is 1. The zero-order chi connectivity index (χ0) is 13.5. The minimum atomic E-state index is 0.0446. The fraction of sp³-hybridized carbons (Fsp3) is 0.857. The molecule has 1 N–H and O–H groups in total. The molecule has 1 aromatic rings. The lowest BCUT2D eigenvalue weighted by atomic mass is 9.96. The molecule has 0 amide bonds. The molecule has 19 heavy (non-hydrogen) atoms. The number of nitrogens with one attached hydrogen (secondary N) is 1. The summed E-state index contributed by atoms with van der Waals surface area (Å²) in [6.45, 7) is 9.02. The van der Waals surface area contributed by atoms with Crippen molar-refractivity contribution in [1.29, 1.82) is 0 Å². The molecule has 2 aliphatic rings. The number of anilines is 1. The van der Waals surface area contributed by atoms with Gasteiger partial charge < -0.3 is 5.32 Å². The summed E-state index contributed by atoms with van der Waals surface area (Å²) in [6.07, 6.45) is 5.33. The first kappa shape index (κ1) is 13.3. The second-order valence-corrected chi connectivity index (χ2v) is 7.56. The number of nitrogens with zero attached hydrogens (tertiary/aromatic N) is 3. The van der Waals surface area contributed by atoms with Crippen LogP contribution in [0.5, 0.6) is 0 Å². The van der Waals surface area contributed by atoms with Crippen molar-refractivity contribution >= 4 is 16.7 Å². The monoisotopic (exact) mass is 280 g/mol. The molecule has 3 rings (SSSR count). The van der Waals surface area contributed by atoms with E-state index in [1.807, 2.05) is 0 Å². The number of rotatable bonds is 2. The Bertz CT molecular complexity index is 437. The first-order valence-electron chi connectivity index (χ1n) is 7.39. The minimum absolute atomic E-state index is 0.0446. The first-order valence-corrected chi connectivity index (χ1v) is 8.16. The largest absolute Gasteiger partial charge is 0.356 e. The van der Waals surface area contributed by atoms with Crippen LogP contribution in [0.25, 0.3) is 0 Å². The Morgan fingerprint density at radius 1 is 1.21 bits per heavy atom. The Morgan fingerprint density at radius 2 is 2.05 bits per heavy atom. The molecule has 0 radical (unpaired) electrons. The third kappa shape index (κ3) is 2.77. The van der Waals surface area contributed by atoms with Crippen LogP contribution in [-0.2, 0) is 5.41 Å². The van der Waals surface area contributed by atoms with Gasteiger partial charge in [-0.1, -0.05) is 27.2 Å². The molecule has 106 valence electrons. The van der Waals surface area contributed by atoms with Gasteiger partial charge in [-0.3, -0.25) is 4.90 Å². The molecule has 2 saturated heterocycles. The lowest BCUT2D eigenvalue weighted by Crippen LogP contribution is -2.41. The Hall–Kier alpha value is -0.680. The standard InChI is InChI=1S/C14H24N4S/c1-14(2,3)12-16-13(19-17-12)15-10-7-9-18-8-5-4-6-11(10)18/h10-11H,4-9H2,1-3H3,(H,15,16,17). The Kier molecular flexibility index (Phi) is 3.52. The number of hydrogen-bond donors (Lipinski definition) is 1. The number of hydrogen-bond acceptors (Lipinski definition) is 5. The molecular formula is C14H24N4S. The van der Waals surface area contributed by atoms with Crippen LogP contribution in [0, 0.1) is 0 Å². The smallest absolute Gasteiger partial charge is 0.202 e.